The molecule has 1 unspecified atom stereocenters. The van der Waals surface area contributed by atoms with Gasteiger partial charge in [-0.3, -0.25) is 14.4 Å². The van der Waals surface area contributed by atoms with Crippen LogP contribution in [0.15, 0.2) is 42.5 Å². The fourth-order valence-corrected chi connectivity index (χ4v) is 9.11. The van der Waals surface area contributed by atoms with Crippen molar-refractivity contribution in [1.29, 1.82) is 0 Å². The molecule has 1 N–H and O–H groups in total. The predicted octanol–water partition coefficient (Wildman–Crippen LogP) is 4.19. The highest BCUT2D eigenvalue weighted by Gasteiger charge is 2.74. The number of rotatable bonds is 5. The van der Waals surface area contributed by atoms with Gasteiger partial charge in [0.25, 0.3) is 5.91 Å². The Labute approximate surface area is 235 Å². The van der Waals surface area contributed by atoms with Crippen LogP contribution in [0.25, 0.3) is 0 Å². The summed E-state index contributed by atoms with van der Waals surface area (Å²) in [4.78, 5) is 46.4. The summed E-state index contributed by atoms with van der Waals surface area (Å²) in [6.07, 6.45) is 10.4. The third-order valence-corrected chi connectivity index (χ3v) is 11.0. The van der Waals surface area contributed by atoms with E-state index < -0.39 is 33.4 Å². The number of allylic oxidation sites excluding steroid dienone is 1. The van der Waals surface area contributed by atoms with Crippen molar-refractivity contribution < 1.29 is 24.2 Å². The van der Waals surface area contributed by atoms with E-state index in [-0.39, 0.29) is 30.3 Å². The first-order valence-corrected chi connectivity index (χ1v) is 14.9. The van der Waals surface area contributed by atoms with Crippen LogP contribution in [-0.2, 0) is 19.1 Å². The average Bonchev–Trinajstić information content (AvgIpc) is 3.25. The standard InChI is InChI=1S/C31H40N2O5S/c1-6-20(3)23(18-34)33-26-28(36)32(22-17-19(2)11-12-21(22)4)15-10-14-31(26)24(27(33)35)25-29(37)38-16-9-7-8-13-30(25,5)39-31/h8,10-14,17,20,23-26,34H,6-7,9,15-16,18H2,1-5H3/b13-8-/t20-,23-,24-,25+,26?,30-,31-/m0/s1. The maximum Gasteiger partial charge on any atom is 0.311 e. The Morgan fingerprint density at radius 1 is 1.13 bits per heavy atom. The Balaban J connectivity index is 1.71. The summed E-state index contributed by atoms with van der Waals surface area (Å²) < 4.78 is 4.03. The molecule has 0 aromatic heterocycles. The van der Waals surface area contributed by atoms with Crippen LogP contribution in [-0.4, -0.2) is 69.1 Å². The number of thioether (sulfide) groups is 1. The summed E-state index contributed by atoms with van der Waals surface area (Å²) in [7, 11) is 0. The molecule has 1 aromatic rings. The first-order chi connectivity index (χ1) is 18.6. The number of hydrogen-bond donors (Lipinski definition) is 1. The Morgan fingerprint density at radius 3 is 2.62 bits per heavy atom. The highest BCUT2D eigenvalue weighted by atomic mass is 32.2. The normalized spacial score (nSPS) is 34.7. The quantitative estimate of drug-likeness (QED) is 0.435. The fraction of sp³-hybridized carbons (Fsp3) is 0.581. The monoisotopic (exact) mass is 552 g/mol. The molecule has 0 bridgehead atoms. The number of benzene rings is 1. The van der Waals surface area contributed by atoms with Gasteiger partial charge in [-0.1, -0.05) is 56.7 Å². The van der Waals surface area contributed by atoms with Crippen molar-refractivity contribution in [2.75, 3.05) is 24.7 Å². The molecule has 0 saturated carbocycles. The number of aliphatic hydroxyl groups excluding tert-OH is 1. The topological polar surface area (TPSA) is 87.2 Å². The molecule has 4 heterocycles. The highest BCUT2D eigenvalue weighted by Crippen LogP contribution is 2.65. The zero-order chi connectivity index (χ0) is 28.1. The molecule has 0 radical (unpaired) electrons. The Kier molecular flexibility index (Phi) is 7.48. The van der Waals surface area contributed by atoms with Crippen LogP contribution < -0.4 is 4.90 Å². The van der Waals surface area contributed by atoms with E-state index in [1.54, 1.807) is 21.6 Å². The van der Waals surface area contributed by atoms with Gasteiger partial charge in [0, 0.05) is 17.0 Å². The summed E-state index contributed by atoms with van der Waals surface area (Å²) in [6, 6.07) is 4.64. The van der Waals surface area contributed by atoms with Gasteiger partial charge >= 0.3 is 5.97 Å². The van der Waals surface area contributed by atoms with Gasteiger partial charge in [0.2, 0.25) is 5.91 Å². The SMILES string of the molecule is CC[C@H](C)[C@H](CO)N1C(=O)[C@@H]2[C@@H]3C(=O)OCCC/C=C\[C@]3(C)S[C@@]23C=CCN(c2cc(C)ccc2C)C(=O)C13. The zero-order valence-corrected chi connectivity index (χ0v) is 24.4. The van der Waals surface area contributed by atoms with E-state index in [4.69, 9.17) is 4.74 Å². The van der Waals surface area contributed by atoms with Crippen molar-refractivity contribution in [3.63, 3.8) is 0 Å². The van der Waals surface area contributed by atoms with Crippen LogP contribution in [0.4, 0.5) is 5.69 Å². The summed E-state index contributed by atoms with van der Waals surface area (Å²) >= 11 is 1.54. The number of aryl methyl sites for hydroxylation is 2. The Hall–Kier alpha value is -2.58. The first-order valence-electron chi connectivity index (χ1n) is 14.1. The van der Waals surface area contributed by atoms with Crippen molar-refractivity contribution >= 4 is 35.2 Å². The molecule has 2 saturated heterocycles. The molecule has 39 heavy (non-hydrogen) atoms. The van der Waals surface area contributed by atoms with Crippen LogP contribution in [0.2, 0.25) is 0 Å². The summed E-state index contributed by atoms with van der Waals surface area (Å²) in [5.74, 6) is -2.35. The molecule has 7 atom stereocenters. The number of ether oxygens (including phenoxy) is 1. The minimum Gasteiger partial charge on any atom is -0.465 e. The minimum atomic E-state index is -0.969. The lowest BCUT2D eigenvalue weighted by atomic mass is 9.74. The number of anilines is 1. The maximum atomic E-state index is 14.8. The first kappa shape index (κ1) is 28.0. The van der Waals surface area contributed by atoms with Crippen LogP contribution in [0.5, 0.6) is 0 Å². The molecule has 1 spiro atoms. The van der Waals surface area contributed by atoms with E-state index in [0.29, 0.717) is 13.2 Å². The molecule has 210 valence electrons. The number of likely N-dealkylation sites (tertiary alicyclic amines) is 1. The van der Waals surface area contributed by atoms with E-state index in [2.05, 4.69) is 12.2 Å². The van der Waals surface area contributed by atoms with Gasteiger partial charge in [-0.15, -0.1) is 11.8 Å². The Morgan fingerprint density at radius 2 is 1.90 bits per heavy atom. The van der Waals surface area contributed by atoms with Gasteiger partial charge < -0.3 is 19.6 Å². The molecule has 2 amide bonds. The number of cyclic esters (lactones) is 1. The number of amides is 2. The van der Waals surface area contributed by atoms with E-state index >= 15 is 0 Å². The number of esters is 1. The fourth-order valence-electron chi connectivity index (χ4n) is 6.97. The van der Waals surface area contributed by atoms with Crippen molar-refractivity contribution in [3.05, 3.63) is 53.6 Å². The molecule has 7 nitrogen and oxygen atoms in total. The van der Waals surface area contributed by atoms with Crippen molar-refractivity contribution in [2.24, 2.45) is 17.8 Å². The van der Waals surface area contributed by atoms with Crippen molar-refractivity contribution in [1.82, 2.24) is 4.90 Å². The second-order valence-electron chi connectivity index (χ2n) is 11.7. The van der Waals surface area contributed by atoms with E-state index in [9.17, 15) is 19.5 Å². The average molecular weight is 553 g/mol. The van der Waals surface area contributed by atoms with Gasteiger partial charge in [0.1, 0.15) is 6.04 Å². The third kappa shape index (κ3) is 4.34. The molecule has 8 heteroatoms. The minimum absolute atomic E-state index is 0.0345. The van der Waals surface area contributed by atoms with Gasteiger partial charge in [-0.25, -0.2) is 0 Å². The van der Waals surface area contributed by atoms with Crippen molar-refractivity contribution in [2.45, 2.75) is 75.5 Å². The number of nitrogens with zero attached hydrogens (tertiary/aromatic N) is 2. The summed E-state index contributed by atoms with van der Waals surface area (Å²) in [6.45, 7) is 10.4. The molecule has 4 aliphatic heterocycles. The number of hydrogen-bond acceptors (Lipinski definition) is 6. The lowest BCUT2D eigenvalue weighted by Crippen LogP contribution is -2.58. The van der Waals surface area contributed by atoms with Gasteiger partial charge in [-0.05, 0) is 56.7 Å². The van der Waals surface area contributed by atoms with Crippen LogP contribution in [0.1, 0.15) is 51.2 Å². The maximum absolute atomic E-state index is 14.8. The van der Waals surface area contributed by atoms with Gasteiger partial charge in [-0.2, -0.15) is 0 Å². The number of carbonyl (C=O) groups is 3. The number of fused-ring (bicyclic) bond motifs is 2. The van der Waals surface area contributed by atoms with E-state index in [1.165, 1.54) is 0 Å². The second-order valence-corrected chi connectivity index (χ2v) is 13.5. The molecule has 4 aliphatic rings. The lowest BCUT2D eigenvalue weighted by Gasteiger charge is -2.41. The number of carbonyl (C=O) groups excluding carboxylic acids is 3. The summed E-state index contributed by atoms with van der Waals surface area (Å²) in [5.41, 5.74) is 2.83. The Bertz CT molecular complexity index is 1230. The lowest BCUT2D eigenvalue weighted by molar-refractivity contribution is -0.154. The molecule has 1 aromatic carbocycles. The largest absolute Gasteiger partial charge is 0.465 e. The van der Waals surface area contributed by atoms with Gasteiger partial charge in [0.15, 0.2) is 0 Å². The van der Waals surface area contributed by atoms with Crippen molar-refractivity contribution in [3.8, 4) is 0 Å². The van der Waals surface area contributed by atoms with Crippen LogP contribution in [0.3, 0.4) is 0 Å². The number of aliphatic hydroxyl groups is 1. The smallest absolute Gasteiger partial charge is 0.311 e. The van der Waals surface area contributed by atoms with Crippen LogP contribution in [0, 0.1) is 31.6 Å². The molecule has 5 rings (SSSR count). The second kappa shape index (κ2) is 10.4. The molecule has 0 aliphatic carbocycles. The van der Waals surface area contributed by atoms with Crippen LogP contribution >= 0.6 is 11.8 Å². The third-order valence-electron chi connectivity index (χ3n) is 9.19. The van der Waals surface area contributed by atoms with E-state index in [1.807, 2.05) is 65.0 Å². The molecule has 2 fully saturated rings. The predicted molar refractivity (Wildman–Crippen MR) is 153 cm³/mol. The van der Waals surface area contributed by atoms with Gasteiger partial charge in [0.05, 0.1) is 35.8 Å². The highest BCUT2D eigenvalue weighted by molar-refractivity contribution is 8.02. The zero-order valence-electron chi connectivity index (χ0n) is 23.6. The summed E-state index contributed by atoms with van der Waals surface area (Å²) in [5, 5.41) is 10.6. The molecular weight excluding hydrogens is 512 g/mol. The van der Waals surface area contributed by atoms with E-state index in [0.717, 1.165) is 36.1 Å². The molecular formula is C31H40N2O5S.